The summed E-state index contributed by atoms with van der Waals surface area (Å²) in [6, 6.07) is 4.26. The van der Waals surface area contributed by atoms with Gasteiger partial charge >= 0.3 is 0 Å². The van der Waals surface area contributed by atoms with Crippen LogP contribution in [0.1, 0.15) is 56.6 Å². The number of amides is 2. The molecule has 0 spiro atoms. The Balaban J connectivity index is 1.36. The maximum Gasteiger partial charge on any atom is 0.228 e. The number of rotatable bonds is 3. The van der Waals surface area contributed by atoms with Crippen LogP contribution < -0.4 is 0 Å². The van der Waals surface area contributed by atoms with Gasteiger partial charge in [0.2, 0.25) is 11.8 Å². The molecule has 1 aliphatic carbocycles. The van der Waals surface area contributed by atoms with Gasteiger partial charge in [0, 0.05) is 38.0 Å². The minimum Gasteiger partial charge on any atom is -0.469 e. The molecule has 0 bridgehead atoms. The van der Waals surface area contributed by atoms with E-state index < -0.39 is 0 Å². The molecule has 2 amide bonds. The Labute approximate surface area is 143 Å². The van der Waals surface area contributed by atoms with Gasteiger partial charge in [0.15, 0.2) is 0 Å². The summed E-state index contributed by atoms with van der Waals surface area (Å²) >= 11 is 0. The Kier molecular flexibility index (Phi) is 4.33. The van der Waals surface area contributed by atoms with Crippen molar-refractivity contribution >= 4 is 11.8 Å². The number of carbonyl (C=O) groups excluding carboxylic acids is 2. The Bertz CT molecular complexity index is 592. The average molecular weight is 330 g/mol. The van der Waals surface area contributed by atoms with Gasteiger partial charge in [0.1, 0.15) is 5.76 Å². The predicted molar refractivity (Wildman–Crippen MR) is 89.3 cm³/mol. The first kappa shape index (κ1) is 15.7. The summed E-state index contributed by atoms with van der Waals surface area (Å²) in [5.74, 6) is 1.47. The third-order valence-corrected chi connectivity index (χ3v) is 5.97. The molecule has 5 nitrogen and oxygen atoms in total. The lowest BCUT2D eigenvalue weighted by molar-refractivity contribution is -0.135. The van der Waals surface area contributed by atoms with E-state index in [2.05, 4.69) is 0 Å². The van der Waals surface area contributed by atoms with Crippen LogP contribution in [0.25, 0.3) is 0 Å². The SMILES string of the molecule is O=C(C1CC(=O)N(C2CCCCC2)C1)N1CCC(c2ccco2)C1. The van der Waals surface area contributed by atoms with Gasteiger partial charge in [0.25, 0.3) is 0 Å². The molecular weight excluding hydrogens is 304 g/mol. The van der Waals surface area contributed by atoms with Crippen molar-refractivity contribution in [3.63, 3.8) is 0 Å². The van der Waals surface area contributed by atoms with E-state index in [0.29, 0.717) is 24.9 Å². The molecule has 4 rings (SSSR count). The summed E-state index contributed by atoms with van der Waals surface area (Å²) < 4.78 is 5.48. The van der Waals surface area contributed by atoms with Gasteiger partial charge in [-0.05, 0) is 31.4 Å². The highest BCUT2D eigenvalue weighted by Gasteiger charge is 2.41. The van der Waals surface area contributed by atoms with Gasteiger partial charge < -0.3 is 14.2 Å². The van der Waals surface area contributed by atoms with Crippen LogP contribution in [0.3, 0.4) is 0 Å². The standard InChI is InChI=1S/C19H26N2O3/c22-18-11-15(13-21(18)16-5-2-1-3-6-16)19(23)20-9-8-14(12-20)17-7-4-10-24-17/h4,7,10,14-16H,1-3,5-6,8-9,11-13H2. The van der Waals surface area contributed by atoms with Crippen LogP contribution in [-0.2, 0) is 9.59 Å². The van der Waals surface area contributed by atoms with E-state index in [-0.39, 0.29) is 17.7 Å². The van der Waals surface area contributed by atoms with Crippen LogP contribution in [-0.4, -0.2) is 47.3 Å². The zero-order valence-corrected chi connectivity index (χ0v) is 14.2. The van der Waals surface area contributed by atoms with Crippen LogP contribution in [0.15, 0.2) is 22.8 Å². The second kappa shape index (κ2) is 6.61. The third kappa shape index (κ3) is 2.96. The molecule has 1 saturated carbocycles. The molecule has 5 heteroatoms. The van der Waals surface area contributed by atoms with E-state index in [1.54, 1.807) is 6.26 Å². The molecule has 3 fully saturated rings. The molecule has 1 aromatic heterocycles. The van der Waals surface area contributed by atoms with Crippen molar-refractivity contribution < 1.29 is 14.0 Å². The van der Waals surface area contributed by atoms with E-state index in [1.165, 1.54) is 19.3 Å². The predicted octanol–water partition coefficient (Wildman–Crippen LogP) is 2.78. The molecule has 0 radical (unpaired) electrons. The monoisotopic (exact) mass is 330 g/mol. The van der Waals surface area contributed by atoms with E-state index in [0.717, 1.165) is 38.1 Å². The number of carbonyl (C=O) groups is 2. The van der Waals surface area contributed by atoms with Crippen LogP contribution in [0.2, 0.25) is 0 Å². The molecule has 2 unspecified atom stereocenters. The topological polar surface area (TPSA) is 53.8 Å². The van der Waals surface area contributed by atoms with Gasteiger partial charge in [-0.2, -0.15) is 0 Å². The largest absolute Gasteiger partial charge is 0.469 e. The summed E-state index contributed by atoms with van der Waals surface area (Å²) in [6.07, 6.45) is 8.96. The van der Waals surface area contributed by atoms with Crippen LogP contribution >= 0.6 is 0 Å². The van der Waals surface area contributed by atoms with E-state index in [4.69, 9.17) is 4.42 Å². The van der Waals surface area contributed by atoms with Crippen LogP contribution in [0.4, 0.5) is 0 Å². The van der Waals surface area contributed by atoms with Crippen LogP contribution in [0.5, 0.6) is 0 Å². The van der Waals surface area contributed by atoms with E-state index in [9.17, 15) is 9.59 Å². The van der Waals surface area contributed by atoms with Crippen molar-refractivity contribution in [3.8, 4) is 0 Å². The fourth-order valence-electron chi connectivity index (χ4n) is 4.62. The van der Waals surface area contributed by atoms with E-state index >= 15 is 0 Å². The first-order valence-electron chi connectivity index (χ1n) is 9.34. The quantitative estimate of drug-likeness (QED) is 0.856. The molecule has 24 heavy (non-hydrogen) atoms. The fourth-order valence-corrected chi connectivity index (χ4v) is 4.62. The highest BCUT2D eigenvalue weighted by molar-refractivity contribution is 5.89. The number of hydrogen-bond donors (Lipinski definition) is 0. The molecule has 1 aromatic rings. The normalized spacial score (nSPS) is 28.8. The molecule has 2 saturated heterocycles. The van der Waals surface area contributed by atoms with E-state index in [1.807, 2.05) is 21.9 Å². The van der Waals surface area contributed by atoms with Gasteiger partial charge in [-0.15, -0.1) is 0 Å². The average Bonchev–Trinajstić information content (AvgIpc) is 3.35. The van der Waals surface area contributed by atoms with Crippen molar-refractivity contribution in [1.82, 2.24) is 9.80 Å². The summed E-state index contributed by atoms with van der Waals surface area (Å²) in [6.45, 7) is 2.13. The second-order valence-electron chi connectivity index (χ2n) is 7.52. The summed E-state index contributed by atoms with van der Waals surface area (Å²) in [5, 5.41) is 0. The van der Waals surface area contributed by atoms with Gasteiger partial charge in [0.05, 0.1) is 12.2 Å². The molecule has 0 aromatic carbocycles. The number of nitrogens with zero attached hydrogens (tertiary/aromatic N) is 2. The number of furan rings is 1. The maximum atomic E-state index is 12.9. The fraction of sp³-hybridized carbons (Fsp3) is 0.684. The van der Waals surface area contributed by atoms with Crippen molar-refractivity contribution in [2.45, 2.75) is 56.9 Å². The maximum absolute atomic E-state index is 12.9. The zero-order chi connectivity index (χ0) is 16.5. The highest BCUT2D eigenvalue weighted by atomic mass is 16.3. The minimum absolute atomic E-state index is 0.144. The summed E-state index contributed by atoms with van der Waals surface area (Å²) in [7, 11) is 0. The molecule has 2 atom stereocenters. The van der Waals surface area contributed by atoms with Crippen LogP contribution in [0, 0.1) is 5.92 Å². The molecule has 0 N–H and O–H groups in total. The first-order chi connectivity index (χ1) is 11.7. The van der Waals surface area contributed by atoms with Gasteiger partial charge in [-0.3, -0.25) is 9.59 Å². The summed E-state index contributed by atoms with van der Waals surface area (Å²) in [5.41, 5.74) is 0. The Morgan fingerprint density at radius 2 is 1.96 bits per heavy atom. The molecule has 3 heterocycles. The molecule has 2 aliphatic heterocycles. The molecule has 3 aliphatic rings. The number of hydrogen-bond acceptors (Lipinski definition) is 3. The first-order valence-corrected chi connectivity index (χ1v) is 9.34. The number of likely N-dealkylation sites (tertiary alicyclic amines) is 2. The van der Waals surface area contributed by atoms with Crippen molar-refractivity contribution in [3.05, 3.63) is 24.2 Å². The van der Waals surface area contributed by atoms with Crippen molar-refractivity contribution in [2.75, 3.05) is 19.6 Å². The Hall–Kier alpha value is -1.78. The molecular formula is C19H26N2O3. The lowest BCUT2D eigenvalue weighted by Gasteiger charge is -2.31. The minimum atomic E-state index is -0.144. The van der Waals surface area contributed by atoms with Crippen molar-refractivity contribution in [1.29, 1.82) is 0 Å². The van der Waals surface area contributed by atoms with Gasteiger partial charge in [-0.25, -0.2) is 0 Å². The zero-order valence-electron chi connectivity index (χ0n) is 14.2. The molecule has 130 valence electrons. The second-order valence-corrected chi connectivity index (χ2v) is 7.52. The summed E-state index contributed by atoms with van der Waals surface area (Å²) in [4.78, 5) is 29.2. The third-order valence-electron chi connectivity index (χ3n) is 5.97. The van der Waals surface area contributed by atoms with Gasteiger partial charge in [-0.1, -0.05) is 19.3 Å². The lowest BCUT2D eigenvalue weighted by atomic mass is 9.94. The Morgan fingerprint density at radius 3 is 2.71 bits per heavy atom. The highest BCUT2D eigenvalue weighted by Crippen LogP contribution is 2.32. The smallest absolute Gasteiger partial charge is 0.228 e. The van der Waals surface area contributed by atoms with Crippen molar-refractivity contribution in [2.24, 2.45) is 5.92 Å². The lowest BCUT2D eigenvalue weighted by Crippen LogP contribution is -2.40. The Morgan fingerprint density at radius 1 is 1.12 bits per heavy atom.